The molecule has 0 aromatic heterocycles. The summed E-state index contributed by atoms with van der Waals surface area (Å²) in [4.78, 5) is 0. The Kier molecular flexibility index (Phi) is 4.99. The van der Waals surface area contributed by atoms with Gasteiger partial charge in [0.15, 0.2) is 0 Å². The standard InChI is InChI=1S/C18H27ClFN/c1-17(2,3)14-5-4-9-18(21,10-8-14)12-13-6-7-15(20)11-16(13)19/h6-7,11,14H,4-5,8-10,12,21H2,1-3H3. The Labute approximate surface area is 133 Å². The van der Waals surface area contributed by atoms with Crippen molar-refractivity contribution in [3.8, 4) is 0 Å². The van der Waals surface area contributed by atoms with E-state index in [9.17, 15) is 4.39 Å². The van der Waals surface area contributed by atoms with Crippen molar-refractivity contribution in [3.63, 3.8) is 0 Å². The Hall–Kier alpha value is -0.600. The molecule has 0 bridgehead atoms. The fraction of sp³-hybridized carbons (Fsp3) is 0.667. The first-order valence-electron chi connectivity index (χ1n) is 7.92. The van der Waals surface area contributed by atoms with Crippen LogP contribution in [0.2, 0.25) is 5.02 Å². The molecule has 21 heavy (non-hydrogen) atoms. The molecule has 1 aliphatic rings. The van der Waals surface area contributed by atoms with Gasteiger partial charge >= 0.3 is 0 Å². The van der Waals surface area contributed by atoms with Gasteiger partial charge in [-0.25, -0.2) is 4.39 Å². The quantitative estimate of drug-likeness (QED) is 0.732. The molecule has 2 N–H and O–H groups in total. The van der Waals surface area contributed by atoms with Crippen LogP contribution < -0.4 is 5.73 Å². The fourth-order valence-corrected chi connectivity index (χ4v) is 3.75. The van der Waals surface area contributed by atoms with Crippen LogP contribution in [0.25, 0.3) is 0 Å². The summed E-state index contributed by atoms with van der Waals surface area (Å²) in [5, 5.41) is 0.497. The maximum Gasteiger partial charge on any atom is 0.124 e. The fourth-order valence-electron chi connectivity index (χ4n) is 3.52. The molecule has 0 aliphatic heterocycles. The molecule has 0 radical (unpaired) electrons. The van der Waals surface area contributed by atoms with Gasteiger partial charge in [0.1, 0.15) is 5.82 Å². The van der Waals surface area contributed by atoms with E-state index in [0.29, 0.717) is 10.4 Å². The molecule has 118 valence electrons. The van der Waals surface area contributed by atoms with E-state index in [1.807, 2.05) is 0 Å². The zero-order valence-electron chi connectivity index (χ0n) is 13.4. The summed E-state index contributed by atoms with van der Waals surface area (Å²) in [6, 6.07) is 4.63. The summed E-state index contributed by atoms with van der Waals surface area (Å²) in [5.41, 5.74) is 7.76. The van der Waals surface area contributed by atoms with Crippen LogP contribution in [0.4, 0.5) is 4.39 Å². The first kappa shape index (κ1) is 16.8. The maximum atomic E-state index is 13.2. The normalized spacial score (nSPS) is 27.4. The average Bonchev–Trinajstić information content (AvgIpc) is 2.55. The van der Waals surface area contributed by atoms with Gasteiger partial charge in [0, 0.05) is 10.6 Å². The molecule has 0 saturated heterocycles. The minimum atomic E-state index is -0.288. The van der Waals surface area contributed by atoms with E-state index in [0.717, 1.165) is 37.2 Å². The first-order valence-corrected chi connectivity index (χ1v) is 8.30. The van der Waals surface area contributed by atoms with Crippen molar-refractivity contribution in [2.24, 2.45) is 17.1 Å². The minimum Gasteiger partial charge on any atom is -0.325 e. The van der Waals surface area contributed by atoms with Crippen LogP contribution >= 0.6 is 11.6 Å². The molecule has 0 spiro atoms. The van der Waals surface area contributed by atoms with Crippen molar-refractivity contribution in [2.45, 2.75) is 64.8 Å². The molecule has 3 heteroatoms. The Bertz CT molecular complexity index is 494. The van der Waals surface area contributed by atoms with Crippen molar-refractivity contribution in [1.82, 2.24) is 0 Å². The lowest BCUT2D eigenvalue weighted by Gasteiger charge is -2.31. The zero-order valence-corrected chi connectivity index (χ0v) is 14.1. The minimum absolute atomic E-state index is 0.207. The topological polar surface area (TPSA) is 26.0 Å². The lowest BCUT2D eigenvalue weighted by Crippen LogP contribution is -2.41. The summed E-state index contributed by atoms with van der Waals surface area (Å²) in [7, 11) is 0. The largest absolute Gasteiger partial charge is 0.325 e. The van der Waals surface area contributed by atoms with Crippen molar-refractivity contribution in [1.29, 1.82) is 0 Å². The van der Waals surface area contributed by atoms with Gasteiger partial charge in [0.05, 0.1) is 0 Å². The highest BCUT2D eigenvalue weighted by molar-refractivity contribution is 6.31. The van der Waals surface area contributed by atoms with Crippen LogP contribution in [0.3, 0.4) is 0 Å². The van der Waals surface area contributed by atoms with Crippen molar-refractivity contribution < 1.29 is 4.39 Å². The third kappa shape index (κ3) is 4.43. The Morgan fingerprint density at radius 2 is 2.00 bits per heavy atom. The molecule has 1 aromatic rings. The third-order valence-corrected chi connectivity index (χ3v) is 5.35. The monoisotopic (exact) mass is 311 g/mol. The zero-order chi connectivity index (χ0) is 15.7. The summed E-state index contributed by atoms with van der Waals surface area (Å²) >= 11 is 6.16. The van der Waals surface area contributed by atoms with Crippen LogP contribution in [0.5, 0.6) is 0 Å². The summed E-state index contributed by atoms with van der Waals surface area (Å²) in [5.74, 6) is 0.440. The number of hydrogen-bond acceptors (Lipinski definition) is 1. The lowest BCUT2D eigenvalue weighted by atomic mass is 9.76. The van der Waals surface area contributed by atoms with Crippen LogP contribution in [0.15, 0.2) is 18.2 Å². The van der Waals surface area contributed by atoms with E-state index in [1.165, 1.54) is 25.0 Å². The molecular formula is C18H27ClFN. The number of rotatable bonds is 2. The van der Waals surface area contributed by atoms with Crippen LogP contribution in [0, 0.1) is 17.2 Å². The van der Waals surface area contributed by atoms with E-state index >= 15 is 0 Å². The van der Waals surface area contributed by atoms with Gasteiger partial charge < -0.3 is 5.73 Å². The molecule has 2 atom stereocenters. The second-order valence-corrected chi connectivity index (χ2v) is 8.18. The van der Waals surface area contributed by atoms with Crippen LogP contribution in [-0.2, 0) is 6.42 Å². The molecule has 0 amide bonds. The SMILES string of the molecule is CC(C)(C)C1CCCC(N)(Cc2ccc(F)cc2Cl)CC1. The highest BCUT2D eigenvalue weighted by Crippen LogP contribution is 2.40. The van der Waals surface area contributed by atoms with Gasteiger partial charge in [-0.05, 0) is 61.1 Å². The smallest absolute Gasteiger partial charge is 0.124 e. The Morgan fingerprint density at radius 3 is 2.62 bits per heavy atom. The number of halogens is 2. The number of benzene rings is 1. The summed E-state index contributed by atoms with van der Waals surface area (Å²) in [6.45, 7) is 6.95. The molecule has 2 unspecified atom stereocenters. The van der Waals surface area contributed by atoms with E-state index < -0.39 is 0 Å². The first-order chi connectivity index (χ1) is 9.70. The third-order valence-electron chi connectivity index (χ3n) is 5.00. The van der Waals surface area contributed by atoms with E-state index in [-0.39, 0.29) is 11.4 Å². The van der Waals surface area contributed by atoms with E-state index in [1.54, 1.807) is 6.07 Å². The molecule has 2 rings (SSSR count). The molecule has 1 saturated carbocycles. The van der Waals surface area contributed by atoms with Gasteiger partial charge in [0.2, 0.25) is 0 Å². The molecule has 1 aromatic carbocycles. The van der Waals surface area contributed by atoms with E-state index in [4.69, 9.17) is 17.3 Å². The average molecular weight is 312 g/mol. The van der Waals surface area contributed by atoms with Crippen LogP contribution in [-0.4, -0.2) is 5.54 Å². The Balaban J connectivity index is 2.08. The predicted octanol–water partition coefficient (Wildman–Crippen LogP) is 5.35. The van der Waals surface area contributed by atoms with Crippen molar-refractivity contribution >= 4 is 11.6 Å². The van der Waals surface area contributed by atoms with Crippen LogP contribution in [0.1, 0.15) is 58.4 Å². The van der Waals surface area contributed by atoms with Gasteiger partial charge in [0.25, 0.3) is 0 Å². The molecule has 1 aliphatic carbocycles. The van der Waals surface area contributed by atoms with Crippen molar-refractivity contribution in [2.75, 3.05) is 0 Å². The summed E-state index contributed by atoms with van der Waals surface area (Å²) < 4.78 is 13.2. The molecule has 1 fully saturated rings. The van der Waals surface area contributed by atoms with Gasteiger partial charge in [-0.3, -0.25) is 0 Å². The second-order valence-electron chi connectivity index (χ2n) is 7.77. The Morgan fingerprint density at radius 1 is 1.29 bits per heavy atom. The second kappa shape index (κ2) is 6.26. The highest BCUT2D eigenvalue weighted by atomic mass is 35.5. The number of nitrogens with two attached hydrogens (primary N) is 1. The van der Waals surface area contributed by atoms with Gasteiger partial charge in [-0.1, -0.05) is 44.9 Å². The summed E-state index contributed by atoms with van der Waals surface area (Å²) in [6.07, 6.45) is 6.36. The molecule has 0 heterocycles. The van der Waals surface area contributed by atoms with Crippen molar-refractivity contribution in [3.05, 3.63) is 34.6 Å². The van der Waals surface area contributed by atoms with E-state index in [2.05, 4.69) is 20.8 Å². The predicted molar refractivity (Wildman–Crippen MR) is 88.1 cm³/mol. The van der Waals surface area contributed by atoms with Gasteiger partial charge in [-0.15, -0.1) is 0 Å². The maximum absolute atomic E-state index is 13.2. The van der Waals surface area contributed by atoms with Gasteiger partial charge in [-0.2, -0.15) is 0 Å². The number of hydrogen-bond donors (Lipinski definition) is 1. The molecular weight excluding hydrogens is 285 g/mol. The highest BCUT2D eigenvalue weighted by Gasteiger charge is 2.34. The lowest BCUT2D eigenvalue weighted by molar-refractivity contribution is 0.210. The molecule has 1 nitrogen and oxygen atoms in total.